The van der Waals surface area contributed by atoms with Gasteiger partial charge in [-0.1, -0.05) is 0 Å². The molecular weight excluding hydrogens is 256 g/mol. The van der Waals surface area contributed by atoms with Crippen molar-refractivity contribution in [3.8, 4) is 0 Å². The third-order valence-corrected chi connectivity index (χ3v) is 4.34. The SMILES string of the molecule is CS(=O)(=O)N1CCC(C(=O)Nc2ncc[nH]2)CC1. The van der Waals surface area contributed by atoms with E-state index < -0.39 is 10.0 Å². The van der Waals surface area contributed by atoms with E-state index in [9.17, 15) is 13.2 Å². The number of aromatic nitrogens is 2. The van der Waals surface area contributed by atoms with Crippen LogP contribution in [0.2, 0.25) is 0 Å². The highest BCUT2D eigenvalue weighted by Crippen LogP contribution is 2.20. The van der Waals surface area contributed by atoms with Gasteiger partial charge in [-0.05, 0) is 12.8 Å². The van der Waals surface area contributed by atoms with Gasteiger partial charge in [0.25, 0.3) is 0 Å². The number of sulfonamides is 1. The van der Waals surface area contributed by atoms with Crippen LogP contribution in [0.3, 0.4) is 0 Å². The van der Waals surface area contributed by atoms with Crippen molar-refractivity contribution in [3.63, 3.8) is 0 Å². The van der Waals surface area contributed by atoms with Gasteiger partial charge in [-0.3, -0.25) is 10.1 Å². The molecule has 1 amide bonds. The predicted molar refractivity (Wildman–Crippen MR) is 66.4 cm³/mol. The number of aromatic amines is 1. The van der Waals surface area contributed by atoms with E-state index in [0.717, 1.165) is 0 Å². The van der Waals surface area contributed by atoms with Crippen LogP contribution < -0.4 is 5.32 Å². The molecule has 0 saturated carbocycles. The van der Waals surface area contributed by atoms with Crippen LogP contribution in [0.1, 0.15) is 12.8 Å². The zero-order valence-corrected chi connectivity index (χ0v) is 10.9. The summed E-state index contributed by atoms with van der Waals surface area (Å²) in [6, 6.07) is 0. The van der Waals surface area contributed by atoms with E-state index >= 15 is 0 Å². The van der Waals surface area contributed by atoms with Crippen LogP contribution in [-0.4, -0.2) is 47.9 Å². The number of rotatable bonds is 3. The molecule has 0 bridgehead atoms. The molecule has 1 fully saturated rings. The molecule has 1 aliphatic heterocycles. The first kappa shape index (κ1) is 13.0. The van der Waals surface area contributed by atoms with Crippen LogP contribution in [0.5, 0.6) is 0 Å². The van der Waals surface area contributed by atoms with Crippen LogP contribution in [0, 0.1) is 5.92 Å². The average Bonchev–Trinajstić information content (AvgIpc) is 2.81. The van der Waals surface area contributed by atoms with E-state index in [1.54, 1.807) is 12.4 Å². The van der Waals surface area contributed by atoms with Gasteiger partial charge < -0.3 is 4.98 Å². The third kappa shape index (κ3) is 3.08. The number of anilines is 1. The number of nitrogens with one attached hydrogen (secondary N) is 2. The Labute approximate surface area is 106 Å². The van der Waals surface area contributed by atoms with Crippen LogP contribution in [-0.2, 0) is 14.8 Å². The van der Waals surface area contributed by atoms with Gasteiger partial charge in [-0.25, -0.2) is 17.7 Å². The number of nitrogens with zero attached hydrogens (tertiary/aromatic N) is 2. The van der Waals surface area contributed by atoms with E-state index in [4.69, 9.17) is 0 Å². The summed E-state index contributed by atoms with van der Waals surface area (Å²) in [5.41, 5.74) is 0. The molecule has 0 spiro atoms. The van der Waals surface area contributed by atoms with Gasteiger partial charge in [-0.15, -0.1) is 0 Å². The second-order valence-electron chi connectivity index (χ2n) is 4.36. The summed E-state index contributed by atoms with van der Waals surface area (Å²) >= 11 is 0. The number of hydrogen-bond acceptors (Lipinski definition) is 4. The highest BCUT2D eigenvalue weighted by Gasteiger charge is 2.29. The topological polar surface area (TPSA) is 95.2 Å². The molecule has 0 aromatic carbocycles. The van der Waals surface area contributed by atoms with Gasteiger partial charge in [0, 0.05) is 31.4 Å². The van der Waals surface area contributed by atoms with Crippen molar-refractivity contribution < 1.29 is 13.2 Å². The first-order valence-electron chi connectivity index (χ1n) is 5.72. The molecule has 8 heteroatoms. The fourth-order valence-corrected chi connectivity index (χ4v) is 2.88. The fourth-order valence-electron chi connectivity index (χ4n) is 2.00. The number of hydrogen-bond donors (Lipinski definition) is 2. The van der Waals surface area contributed by atoms with Gasteiger partial charge >= 0.3 is 0 Å². The minimum absolute atomic E-state index is 0.113. The van der Waals surface area contributed by atoms with E-state index in [-0.39, 0.29) is 11.8 Å². The van der Waals surface area contributed by atoms with Crippen molar-refractivity contribution in [2.45, 2.75) is 12.8 Å². The van der Waals surface area contributed by atoms with Gasteiger partial charge in [0.2, 0.25) is 21.9 Å². The lowest BCUT2D eigenvalue weighted by molar-refractivity contribution is -0.120. The maximum atomic E-state index is 11.9. The molecule has 2 heterocycles. The Balaban J connectivity index is 1.88. The van der Waals surface area contributed by atoms with Crippen molar-refractivity contribution >= 4 is 21.9 Å². The van der Waals surface area contributed by atoms with Crippen LogP contribution in [0.25, 0.3) is 0 Å². The Hall–Kier alpha value is -1.41. The summed E-state index contributed by atoms with van der Waals surface area (Å²) in [4.78, 5) is 18.6. The van der Waals surface area contributed by atoms with Crippen LogP contribution >= 0.6 is 0 Å². The molecule has 1 aliphatic rings. The largest absolute Gasteiger partial charge is 0.331 e. The molecule has 1 aromatic rings. The Morgan fingerprint density at radius 3 is 2.67 bits per heavy atom. The number of carbonyl (C=O) groups excluding carboxylic acids is 1. The molecule has 1 saturated heterocycles. The molecule has 7 nitrogen and oxygen atoms in total. The summed E-state index contributed by atoms with van der Waals surface area (Å²) in [6.45, 7) is 0.796. The van der Waals surface area contributed by atoms with E-state index in [1.165, 1.54) is 10.6 Å². The molecule has 2 rings (SSSR count). The standard InChI is InChI=1S/C10H16N4O3S/c1-18(16,17)14-6-2-8(3-7-14)9(15)13-10-11-4-5-12-10/h4-5,8H,2-3,6-7H2,1H3,(H2,11,12,13,15). The lowest BCUT2D eigenvalue weighted by atomic mass is 9.97. The first-order valence-corrected chi connectivity index (χ1v) is 7.57. The van der Waals surface area contributed by atoms with E-state index in [0.29, 0.717) is 31.9 Å². The predicted octanol–water partition coefficient (Wildman–Crippen LogP) is 0.0198. The van der Waals surface area contributed by atoms with Crippen molar-refractivity contribution in [1.29, 1.82) is 0 Å². The maximum Gasteiger partial charge on any atom is 0.229 e. The third-order valence-electron chi connectivity index (χ3n) is 3.03. The van der Waals surface area contributed by atoms with Gasteiger partial charge in [0.15, 0.2) is 0 Å². The second kappa shape index (κ2) is 5.07. The highest BCUT2D eigenvalue weighted by atomic mass is 32.2. The minimum Gasteiger partial charge on any atom is -0.331 e. The molecule has 18 heavy (non-hydrogen) atoms. The van der Waals surface area contributed by atoms with E-state index in [1.807, 2.05) is 0 Å². The van der Waals surface area contributed by atoms with Crippen LogP contribution in [0.15, 0.2) is 12.4 Å². The van der Waals surface area contributed by atoms with E-state index in [2.05, 4.69) is 15.3 Å². The van der Waals surface area contributed by atoms with Crippen molar-refractivity contribution in [3.05, 3.63) is 12.4 Å². The zero-order valence-electron chi connectivity index (χ0n) is 10.1. The van der Waals surface area contributed by atoms with Crippen molar-refractivity contribution in [1.82, 2.24) is 14.3 Å². The quantitative estimate of drug-likeness (QED) is 0.811. The van der Waals surface area contributed by atoms with Gasteiger partial charge in [0.1, 0.15) is 0 Å². The lowest BCUT2D eigenvalue weighted by Gasteiger charge is -2.29. The number of piperidine rings is 1. The van der Waals surface area contributed by atoms with Crippen molar-refractivity contribution in [2.75, 3.05) is 24.7 Å². The Bertz CT molecular complexity index is 503. The molecule has 2 N–H and O–H groups in total. The fraction of sp³-hybridized carbons (Fsp3) is 0.600. The second-order valence-corrected chi connectivity index (χ2v) is 6.35. The minimum atomic E-state index is -3.14. The van der Waals surface area contributed by atoms with Crippen molar-refractivity contribution in [2.24, 2.45) is 5.92 Å². The zero-order chi connectivity index (χ0) is 13.2. The molecular formula is C10H16N4O3S. The number of imidazole rings is 1. The molecule has 0 unspecified atom stereocenters. The summed E-state index contributed by atoms with van der Waals surface area (Å²) in [5.74, 6) is 0.150. The summed E-state index contributed by atoms with van der Waals surface area (Å²) in [6.07, 6.45) is 5.46. The average molecular weight is 272 g/mol. The Morgan fingerprint density at radius 2 is 2.17 bits per heavy atom. The molecule has 0 aliphatic carbocycles. The van der Waals surface area contributed by atoms with Gasteiger partial charge in [-0.2, -0.15) is 0 Å². The summed E-state index contributed by atoms with van der Waals surface area (Å²) < 4.78 is 24.1. The Kier molecular flexibility index (Phi) is 3.67. The lowest BCUT2D eigenvalue weighted by Crippen LogP contribution is -2.40. The molecule has 0 atom stereocenters. The van der Waals surface area contributed by atoms with Gasteiger partial charge in [0.05, 0.1) is 6.26 Å². The van der Waals surface area contributed by atoms with Crippen LogP contribution in [0.4, 0.5) is 5.95 Å². The Morgan fingerprint density at radius 1 is 1.50 bits per heavy atom. The highest BCUT2D eigenvalue weighted by molar-refractivity contribution is 7.88. The monoisotopic (exact) mass is 272 g/mol. The number of H-pyrrole nitrogens is 1. The normalized spacial score (nSPS) is 18.7. The number of amides is 1. The maximum absolute atomic E-state index is 11.9. The summed E-state index contributed by atoms with van der Waals surface area (Å²) in [5, 5.41) is 2.67. The number of carbonyl (C=O) groups is 1. The molecule has 1 aromatic heterocycles. The summed E-state index contributed by atoms with van der Waals surface area (Å²) in [7, 11) is -3.14. The first-order chi connectivity index (χ1) is 8.47. The smallest absolute Gasteiger partial charge is 0.229 e. The molecule has 0 radical (unpaired) electrons. The molecule has 100 valence electrons.